The molecule has 0 aromatic heterocycles. The standard InChI is InChI=1S/C18H18ClNO4/c1-3-23-18(22)13-8-10-14(11-9-13)20-17(21)12(2)24-16-7-5-4-6-15(16)19/h4-12H,3H2,1-2H3,(H,20,21)/t12-/m1/s1. The van der Waals surface area contributed by atoms with E-state index in [4.69, 9.17) is 21.1 Å². The van der Waals surface area contributed by atoms with Crippen molar-refractivity contribution in [1.82, 2.24) is 0 Å². The van der Waals surface area contributed by atoms with Crippen LogP contribution in [0.5, 0.6) is 5.75 Å². The molecule has 0 aliphatic carbocycles. The summed E-state index contributed by atoms with van der Waals surface area (Å²) in [5.41, 5.74) is 0.984. The van der Waals surface area contributed by atoms with Gasteiger partial charge in [-0.1, -0.05) is 23.7 Å². The molecule has 0 aliphatic heterocycles. The van der Waals surface area contributed by atoms with E-state index in [9.17, 15) is 9.59 Å². The Morgan fingerprint density at radius 1 is 1.12 bits per heavy atom. The number of halogens is 1. The van der Waals surface area contributed by atoms with Crippen molar-refractivity contribution >= 4 is 29.2 Å². The lowest BCUT2D eigenvalue weighted by Gasteiger charge is -2.15. The Morgan fingerprint density at radius 3 is 2.42 bits per heavy atom. The molecule has 0 bridgehead atoms. The van der Waals surface area contributed by atoms with Gasteiger partial charge >= 0.3 is 5.97 Å². The quantitative estimate of drug-likeness (QED) is 0.804. The number of esters is 1. The van der Waals surface area contributed by atoms with Gasteiger partial charge in [-0.25, -0.2) is 4.79 Å². The topological polar surface area (TPSA) is 64.6 Å². The fraction of sp³-hybridized carbons (Fsp3) is 0.222. The van der Waals surface area contributed by atoms with E-state index < -0.39 is 12.1 Å². The van der Waals surface area contributed by atoms with Crippen molar-refractivity contribution in [2.24, 2.45) is 0 Å². The zero-order valence-electron chi connectivity index (χ0n) is 13.4. The van der Waals surface area contributed by atoms with Gasteiger partial charge < -0.3 is 14.8 Å². The molecule has 0 radical (unpaired) electrons. The van der Waals surface area contributed by atoms with Gasteiger partial charge in [0.2, 0.25) is 0 Å². The number of para-hydroxylation sites is 1. The van der Waals surface area contributed by atoms with Crippen LogP contribution in [-0.2, 0) is 9.53 Å². The van der Waals surface area contributed by atoms with Crippen molar-refractivity contribution in [3.05, 3.63) is 59.1 Å². The number of carbonyl (C=O) groups is 2. The van der Waals surface area contributed by atoms with E-state index in [1.54, 1.807) is 62.4 Å². The van der Waals surface area contributed by atoms with Gasteiger partial charge in [0.1, 0.15) is 5.75 Å². The third kappa shape index (κ3) is 4.73. The maximum atomic E-state index is 12.2. The molecule has 0 heterocycles. The normalized spacial score (nSPS) is 11.5. The van der Waals surface area contributed by atoms with E-state index >= 15 is 0 Å². The summed E-state index contributed by atoms with van der Waals surface area (Å²) in [6.45, 7) is 3.69. The van der Waals surface area contributed by atoms with Crippen LogP contribution in [0.2, 0.25) is 5.02 Å². The van der Waals surface area contributed by atoms with Crippen molar-refractivity contribution < 1.29 is 19.1 Å². The van der Waals surface area contributed by atoms with Gasteiger partial charge in [-0.2, -0.15) is 0 Å². The smallest absolute Gasteiger partial charge is 0.338 e. The van der Waals surface area contributed by atoms with E-state index in [2.05, 4.69) is 5.32 Å². The molecule has 0 spiro atoms. The highest BCUT2D eigenvalue weighted by Crippen LogP contribution is 2.24. The van der Waals surface area contributed by atoms with Crippen LogP contribution in [0.15, 0.2) is 48.5 Å². The number of benzene rings is 2. The molecule has 1 N–H and O–H groups in total. The number of rotatable bonds is 6. The zero-order chi connectivity index (χ0) is 17.5. The number of anilines is 1. The summed E-state index contributed by atoms with van der Waals surface area (Å²) in [6, 6.07) is 13.4. The second-order valence-corrected chi connectivity index (χ2v) is 5.38. The number of hydrogen-bond donors (Lipinski definition) is 1. The van der Waals surface area contributed by atoms with Crippen LogP contribution in [0.3, 0.4) is 0 Å². The number of hydrogen-bond acceptors (Lipinski definition) is 4. The lowest BCUT2D eigenvalue weighted by Crippen LogP contribution is -2.30. The van der Waals surface area contributed by atoms with Crippen molar-refractivity contribution in [2.75, 3.05) is 11.9 Å². The molecule has 6 heteroatoms. The Labute approximate surface area is 145 Å². The Balaban J connectivity index is 1.96. The first-order valence-electron chi connectivity index (χ1n) is 7.50. The highest BCUT2D eigenvalue weighted by molar-refractivity contribution is 6.32. The summed E-state index contributed by atoms with van der Waals surface area (Å²) in [4.78, 5) is 23.8. The number of carbonyl (C=O) groups excluding carboxylic acids is 2. The van der Waals surface area contributed by atoms with Crippen LogP contribution < -0.4 is 10.1 Å². The number of nitrogens with one attached hydrogen (secondary N) is 1. The molecule has 0 saturated carbocycles. The van der Waals surface area contributed by atoms with Gasteiger partial charge in [0, 0.05) is 5.69 Å². The molecule has 2 aromatic rings. The second kappa shape index (κ2) is 8.36. The highest BCUT2D eigenvalue weighted by atomic mass is 35.5. The van der Waals surface area contributed by atoms with E-state index in [1.807, 2.05) is 0 Å². The average molecular weight is 348 g/mol. The zero-order valence-corrected chi connectivity index (χ0v) is 14.2. The highest BCUT2D eigenvalue weighted by Gasteiger charge is 2.16. The summed E-state index contributed by atoms with van der Waals surface area (Å²) >= 11 is 6.01. The summed E-state index contributed by atoms with van der Waals surface area (Å²) in [5.74, 6) is -0.274. The minimum absolute atomic E-state index is 0.314. The molecule has 0 unspecified atom stereocenters. The first-order valence-corrected chi connectivity index (χ1v) is 7.88. The molecular formula is C18H18ClNO4. The molecule has 0 fully saturated rings. The largest absolute Gasteiger partial charge is 0.479 e. The molecule has 2 rings (SSSR count). The third-order valence-corrected chi connectivity index (χ3v) is 3.49. The first-order chi connectivity index (χ1) is 11.5. The summed E-state index contributed by atoms with van der Waals surface area (Å²) < 4.78 is 10.5. The monoisotopic (exact) mass is 347 g/mol. The van der Waals surface area contributed by atoms with Gasteiger partial charge in [-0.15, -0.1) is 0 Å². The lowest BCUT2D eigenvalue weighted by atomic mass is 10.2. The first kappa shape index (κ1) is 17.8. The third-order valence-electron chi connectivity index (χ3n) is 3.17. The average Bonchev–Trinajstić information content (AvgIpc) is 2.57. The molecule has 0 saturated heterocycles. The second-order valence-electron chi connectivity index (χ2n) is 4.98. The Bertz CT molecular complexity index is 715. The van der Waals surface area contributed by atoms with Crippen molar-refractivity contribution in [3.63, 3.8) is 0 Å². The van der Waals surface area contributed by atoms with Crippen LogP contribution in [-0.4, -0.2) is 24.6 Å². The Kier molecular flexibility index (Phi) is 6.21. The van der Waals surface area contributed by atoms with E-state index in [0.29, 0.717) is 28.6 Å². The number of amides is 1. The van der Waals surface area contributed by atoms with Gasteiger partial charge in [-0.3, -0.25) is 4.79 Å². The van der Waals surface area contributed by atoms with Crippen LogP contribution in [0.4, 0.5) is 5.69 Å². The van der Waals surface area contributed by atoms with Crippen LogP contribution >= 0.6 is 11.6 Å². The molecule has 5 nitrogen and oxygen atoms in total. The molecule has 1 atom stereocenters. The minimum atomic E-state index is -0.727. The SMILES string of the molecule is CCOC(=O)c1ccc(NC(=O)[C@@H](C)Oc2ccccc2Cl)cc1. The van der Waals surface area contributed by atoms with E-state index in [0.717, 1.165) is 0 Å². The Morgan fingerprint density at radius 2 is 1.79 bits per heavy atom. The summed E-state index contributed by atoms with van der Waals surface area (Å²) in [6.07, 6.45) is -0.727. The fourth-order valence-electron chi connectivity index (χ4n) is 1.93. The van der Waals surface area contributed by atoms with E-state index in [-0.39, 0.29) is 5.91 Å². The van der Waals surface area contributed by atoms with Gasteiger partial charge in [0.05, 0.1) is 17.2 Å². The molecular weight excluding hydrogens is 330 g/mol. The fourth-order valence-corrected chi connectivity index (χ4v) is 2.11. The predicted octanol–water partition coefficient (Wildman–Crippen LogP) is 3.92. The summed E-state index contributed by atoms with van der Waals surface area (Å²) in [7, 11) is 0. The van der Waals surface area contributed by atoms with E-state index in [1.165, 1.54) is 0 Å². The molecule has 1 amide bonds. The maximum Gasteiger partial charge on any atom is 0.338 e. The maximum absolute atomic E-state index is 12.2. The number of ether oxygens (including phenoxy) is 2. The van der Waals surface area contributed by atoms with Crippen molar-refractivity contribution in [1.29, 1.82) is 0 Å². The predicted molar refractivity (Wildman–Crippen MR) is 92.6 cm³/mol. The van der Waals surface area contributed by atoms with Gasteiger partial charge in [0.25, 0.3) is 5.91 Å². The minimum Gasteiger partial charge on any atom is -0.479 e. The van der Waals surface area contributed by atoms with Crippen molar-refractivity contribution in [3.8, 4) is 5.75 Å². The van der Waals surface area contributed by atoms with Crippen LogP contribution in [0.25, 0.3) is 0 Å². The van der Waals surface area contributed by atoms with Gasteiger partial charge in [0.15, 0.2) is 6.10 Å². The molecule has 0 aliphatic rings. The molecule has 2 aromatic carbocycles. The Hall–Kier alpha value is -2.53. The van der Waals surface area contributed by atoms with Crippen LogP contribution in [0.1, 0.15) is 24.2 Å². The lowest BCUT2D eigenvalue weighted by molar-refractivity contribution is -0.122. The van der Waals surface area contributed by atoms with Gasteiger partial charge in [-0.05, 0) is 50.2 Å². The van der Waals surface area contributed by atoms with Crippen molar-refractivity contribution in [2.45, 2.75) is 20.0 Å². The summed E-state index contributed by atoms with van der Waals surface area (Å²) in [5, 5.41) is 3.16. The molecule has 24 heavy (non-hydrogen) atoms. The molecule has 126 valence electrons. The van der Waals surface area contributed by atoms with Crippen LogP contribution in [0, 0.1) is 0 Å².